The molecule has 0 aromatic heterocycles. The van der Waals surface area contributed by atoms with Crippen molar-refractivity contribution in [2.45, 2.75) is 12.8 Å². The highest BCUT2D eigenvalue weighted by atomic mass is 16.6. The summed E-state index contributed by atoms with van der Waals surface area (Å²) >= 11 is 0. The van der Waals surface area contributed by atoms with Gasteiger partial charge in [0.2, 0.25) is 11.8 Å². The van der Waals surface area contributed by atoms with Crippen LogP contribution >= 0.6 is 0 Å². The zero-order valence-electron chi connectivity index (χ0n) is 16.3. The van der Waals surface area contributed by atoms with Crippen molar-refractivity contribution >= 4 is 17.5 Å². The number of methoxy groups -OCH3 is 1. The molecule has 1 saturated heterocycles. The van der Waals surface area contributed by atoms with Crippen LogP contribution in [0.1, 0.15) is 12.0 Å². The second-order valence-corrected chi connectivity index (χ2v) is 7.12. The number of amides is 2. The van der Waals surface area contributed by atoms with Gasteiger partial charge in [-0.1, -0.05) is 12.1 Å². The van der Waals surface area contributed by atoms with Gasteiger partial charge in [-0.2, -0.15) is 0 Å². The Morgan fingerprint density at radius 2 is 1.90 bits per heavy atom. The molecule has 1 fully saturated rings. The molecule has 7 nitrogen and oxygen atoms in total. The normalized spacial score (nSPS) is 17.9. The van der Waals surface area contributed by atoms with Gasteiger partial charge in [0.15, 0.2) is 11.5 Å². The number of hydrogen-bond donors (Lipinski definition) is 1. The Balaban J connectivity index is 1.31. The number of rotatable bonds is 6. The van der Waals surface area contributed by atoms with Crippen LogP contribution in [0, 0.1) is 5.92 Å². The number of carbonyl (C=O) groups is 2. The maximum absolute atomic E-state index is 12.5. The highest BCUT2D eigenvalue weighted by Gasteiger charge is 2.35. The Morgan fingerprint density at radius 3 is 2.66 bits per heavy atom. The van der Waals surface area contributed by atoms with E-state index in [9.17, 15) is 9.59 Å². The number of hydrogen-bond acceptors (Lipinski definition) is 5. The van der Waals surface area contributed by atoms with Crippen LogP contribution < -0.4 is 24.4 Å². The summed E-state index contributed by atoms with van der Waals surface area (Å²) in [5.41, 5.74) is 1.85. The molecule has 2 aliphatic rings. The molecular weight excluding hydrogens is 372 g/mol. The lowest BCUT2D eigenvalue weighted by Gasteiger charge is -2.22. The van der Waals surface area contributed by atoms with E-state index < -0.39 is 0 Å². The van der Waals surface area contributed by atoms with Gasteiger partial charge in [0.1, 0.15) is 19.0 Å². The first-order chi connectivity index (χ1) is 14.1. The predicted octanol–water partition coefficient (Wildman–Crippen LogP) is 2.18. The fraction of sp³-hybridized carbons (Fsp3) is 0.364. The van der Waals surface area contributed by atoms with Crippen LogP contribution in [0.15, 0.2) is 42.5 Å². The third-order valence-electron chi connectivity index (χ3n) is 5.21. The first-order valence-corrected chi connectivity index (χ1v) is 9.74. The zero-order valence-corrected chi connectivity index (χ0v) is 16.3. The quantitative estimate of drug-likeness (QED) is 0.810. The van der Waals surface area contributed by atoms with E-state index in [4.69, 9.17) is 14.2 Å². The molecule has 2 aromatic rings. The maximum atomic E-state index is 12.5. The van der Waals surface area contributed by atoms with E-state index in [1.807, 2.05) is 30.3 Å². The lowest BCUT2D eigenvalue weighted by Crippen LogP contribution is -2.34. The Hall–Kier alpha value is -3.22. The van der Waals surface area contributed by atoms with Crippen molar-refractivity contribution in [3.8, 4) is 17.2 Å². The zero-order chi connectivity index (χ0) is 20.2. The van der Waals surface area contributed by atoms with Crippen LogP contribution in [0.2, 0.25) is 0 Å². The average Bonchev–Trinajstić information content (AvgIpc) is 3.15. The SMILES string of the molecule is COc1ccc(CCNC(=O)C2CC(=O)N(c3ccc4c(c3)OCCO4)C2)cc1. The van der Waals surface area contributed by atoms with Crippen molar-refractivity contribution in [2.24, 2.45) is 5.92 Å². The van der Waals surface area contributed by atoms with E-state index >= 15 is 0 Å². The number of carbonyl (C=O) groups excluding carboxylic acids is 2. The number of nitrogens with zero attached hydrogens (tertiary/aromatic N) is 1. The van der Waals surface area contributed by atoms with E-state index in [-0.39, 0.29) is 24.2 Å². The molecule has 29 heavy (non-hydrogen) atoms. The van der Waals surface area contributed by atoms with Gasteiger partial charge in [-0.25, -0.2) is 0 Å². The molecule has 2 aliphatic heterocycles. The summed E-state index contributed by atoms with van der Waals surface area (Å²) in [6.07, 6.45) is 0.936. The van der Waals surface area contributed by atoms with Crippen molar-refractivity contribution in [1.82, 2.24) is 5.32 Å². The van der Waals surface area contributed by atoms with Crippen LogP contribution in [0.5, 0.6) is 17.2 Å². The van der Waals surface area contributed by atoms with E-state index in [1.54, 1.807) is 24.1 Å². The van der Waals surface area contributed by atoms with Gasteiger partial charge in [-0.15, -0.1) is 0 Å². The summed E-state index contributed by atoms with van der Waals surface area (Å²) in [5.74, 6) is 1.62. The number of nitrogens with one attached hydrogen (secondary N) is 1. The van der Waals surface area contributed by atoms with Crippen LogP contribution in [0.4, 0.5) is 5.69 Å². The molecule has 1 atom stereocenters. The summed E-state index contributed by atoms with van der Waals surface area (Å²) in [6, 6.07) is 13.2. The minimum Gasteiger partial charge on any atom is -0.497 e. The van der Waals surface area contributed by atoms with E-state index in [0.717, 1.165) is 23.4 Å². The third kappa shape index (κ3) is 4.29. The molecule has 0 radical (unpaired) electrons. The van der Waals surface area contributed by atoms with Crippen molar-refractivity contribution in [2.75, 3.05) is 38.3 Å². The minimum absolute atomic E-state index is 0.0583. The Labute approximate surface area is 169 Å². The summed E-state index contributed by atoms with van der Waals surface area (Å²) in [6.45, 7) is 1.91. The fourth-order valence-electron chi connectivity index (χ4n) is 3.60. The largest absolute Gasteiger partial charge is 0.497 e. The third-order valence-corrected chi connectivity index (χ3v) is 5.21. The maximum Gasteiger partial charge on any atom is 0.227 e. The van der Waals surface area contributed by atoms with Crippen molar-refractivity contribution in [3.05, 3.63) is 48.0 Å². The van der Waals surface area contributed by atoms with E-state index in [2.05, 4.69) is 5.32 Å². The van der Waals surface area contributed by atoms with Gasteiger partial charge >= 0.3 is 0 Å². The molecule has 4 rings (SSSR count). The molecule has 2 aromatic carbocycles. The molecule has 0 aliphatic carbocycles. The Bertz CT molecular complexity index is 897. The van der Waals surface area contributed by atoms with Crippen molar-refractivity contribution in [1.29, 1.82) is 0 Å². The Kier molecular flexibility index (Phi) is 5.55. The fourth-order valence-corrected chi connectivity index (χ4v) is 3.60. The van der Waals surface area contributed by atoms with Crippen LogP contribution in [-0.2, 0) is 16.0 Å². The van der Waals surface area contributed by atoms with Gasteiger partial charge in [0, 0.05) is 31.3 Å². The summed E-state index contributed by atoms with van der Waals surface area (Å²) in [4.78, 5) is 26.7. The highest BCUT2D eigenvalue weighted by molar-refractivity contribution is 6.00. The minimum atomic E-state index is -0.355. The van der Waals surface area contributed by atoms with Crippen molar-refractivity contribution < 1.29 is 23.8 Å². The molecule has 1 N–H and O–H groups in total. The van der Waals surface area contributed by atoms with Crippen LogP contribution in [0.3, 0.4) is 0 Å². The van der Waals surface area contributed by atoms with E-state index in [1.165, 1.54) is 0 Å². The molecule has 0 spiro atoms. The molecular formula is C22H24N2O5. The van der Waals surface area contributed by atoms with Crippen LogP contribution in [0.25, 0.3) is 0 Å². The summed E-state index contributed by atoms with van der Waals surface area (Å²) < 4.78 is 16.3. The number of benzene rings is 2. The van der Waals surface area contributed by atoms with Gasteiger partial charge in [0.25, 0.3) is 0 Å². The molecule has 0 saturated carbocycles. The van der Waals surface area contributed by atoms with Gasteiger partial charge < -0.3 is 24.4 Å². The summed E-state index contributed by atoms with van der Waals surface area (Å²) in [7, 11) is 1.63. The highest BCUT2D eigenvalue weighted by Crippen LogP contribution is 2.35. The topological polar surface area (TPSA) is 77.1 Å². The standard InChI is InChI=1S/C22H24N2O5/c1-27-18-5-2-15(3-6-18)8-9-23-22(26)16-12-21(25)24(14-16)17-4-7-19-20(13-17)29-11-10-28-19/h2-7,13,16H,8-12,14H2,1H3,(H,23,26). The lowest BCUT2D eigenvalue weighted by molar-refractivity contribution is -0.126. The monoisotopic (exact) mass is 396 g/mol. The Morgan fingerprint density at radius 1 is 1.14 bits per heavy atom. The first kappa shape index (κ1) is 19.1. The molecule has 2 heterocycles. The molecule has 1 unspecified atom stereocenters. The molecule has 152 valence electrons. The second kappa shape index (κ2) is 8.43. The first-order valence-electron chi connectivity index (χ1n) is 9.74. The van der Waals surface area contributed by atoms with Crippen molar-refractivity contribution in [3.63, 3.8) is 0 Å². The van der Waals surface area contributed by atoms with Gasteiger partial charge in [0.05, 0.1) is 13.0 Å². The van der Waals surface area contributed by atoms with Gasteiger partial charge in [-0.3, -0.25) is 9.59 Å². The van der Waals surface area contributed by atoms with Crippen LogP contribution in [-0.4, -0.2) is 45.2 Å². The number of fused-ring (bicyclic) bond motifs is 1. The summed E-state index contributed by atoms with van der Waals surface area (Å²) in [5, 5.41) is 2.95. The smallest absolute Gasteiger partial charge is 0.227 e. The molecule has 2 amide bonds. The average molecular weight is 396 g/mol. The van der Waals surface area contributed by atoms with E-state index in [0.29, 0.717) is 37.8 Å². The lowest BCUT2D eigenvalue weighted by atomic mass is 10.1. The number of ether oxygens (including phenoxy) is 3. The number of anilines is 1. The van der Waals surface area contributed by atoms with Gasteiger partial charge in [-0.05, 0) is 36.2 Å². The molecule has 7 heteroatoms. The molecule has 0 bridgehead atoms. The predicted molar refractivity (Wildman–Crippen MR) is 108 cm³/mol. The second-order valence-electron chi connectivity index (χ2n) is 7.12.